The molecule has 0 aliphatic heterocycles. The molecule has 0 bridgehead atoms. The monoisotopic (exact) mass is 374 g/mol. The number of anilines is 4. The number of para-hydroxylation sites is 1. The van der Waals surface area contributed by atoms with Gasteiger partial charge in [-0.1, -0.05) is 18.2 Å². The normalized spacial score (nSPS) is 10.4. The molecular formula is C23H26N4O. The topological polar surface area (TPSA) is 57.3 Å². The van der Waals surface area contributed by atoms with E-state index in [4.69, 9.17) is 0 Å². The molecule has 3 rings (SSSR count). The van der Waals surface area contributed by atoms with Gasteiger partial charge in [-0.2, -0.15) is 0 Å². The first-order chi connectivity index (χ1) is 13.6. The van der Waals surface area contributed by atoms with Crippen molar-refractivity contribution in [2.45, 2.75) is 20.8 Å². The molecule has 5 heteroatoms. The van der Waals surface area contributed by atoms with Crippen LogP contribution in [0.25, 0.3) is 0 Å². The molecule has 0 atom stereocenters. The lowest BCUT2D eigenvalue weighted by molar-refractivity contribution is 0.102. The van der Waals surface area contributed by atoms with Crippen LogP contribution < -0.4 is 15.5 Å². The fourth-order valence-corrected chi connectivity index (χ4v) is 3.04. The van der Waals surface area contributed by atoms with Crippen molar-refractivity contribution in [2.24, 2.45) is 0 Å². The molecule has 2 aromatic carbocycles. The van der Waals surface area contributed by atoms with E-state index in [1.807, 2.05) is 49.4 Å². The van der Waals surface area contributed by atoms with Crippen LogP contribution in [0.15, 0.2) is 66.9 Å². The molecule has 1 aromatic heterocycles. The predicted molar refractivity (Wildman–Crippen MR) is 117 cm³/mol. The van der Waals surface area contributed by atoms with E-state index in [2.05, 4.69) is 46.5 Å². The maximum Gasteiger partial charge on any atom is 0.274 e. The van der Waals surface area contributed by atoms with Crippen molar-refractivity contribution < 1.29 is 4.79 Å². The average molecular weight is 374 g/mol. The first-order valence-corrected chi connectivity index (χ1v) is 9.55. The van der Waals surface area contributed by atoms with E-state index in [0.717, 1.165) is 35.7 Å². The van der Waals surface area contributed by atoms with Crippen LogP contribution in [0, 0.1) is 6.92 Å². The zero-order valence-corrected chi connectivity index (χ0v) is 16.6. The molecule has 0 fully saturated rings. The molecule has 5 nitrogen and oxygen atoms in total. The van der Waals surface area contributed by atoms with Crippen molar-refractivity contribution in [3.63, 3.8) is 0 Å². The summed E-state index contributed by atoms with van der Waals surface area (Å²) in [5.41, 5.74) is 5.16. The highest BCUT2D eigenvalue weighted by molar-refractivity contribution is 6.03. The molecule has 1 heterocycles. The van der Waals surface area contributed by atoms with E-state index in [0.29, 0.717) is 5.69 Å². The molecule has 1 amide bonds. The highest BCUT2D eigenvalue weighted by Gasteiger charge is 2.10. The summed E-state index contributed by atoms with van der Waals surface area (Å²) in [5.74, 6) is -0.227. The van der Waals surface area contributed by atoms with Gasteiger partial charge in [0.1, 0.15) is 5.69 Å². The minimum absolute atomic E-state index is 0.227. The summed E-state index contributed by atoms with van der Waals surface area (Å²) in [5, 5.41) is 6.25. The van der Waals surface area contributed by atoms with E-state index in [9.17, 15) is 4.79 Å². The smallest absolute Gasteiger partial charge is 0.274 e. The van der Waals surface area contributed by atoms with Gasteiger partial charge in [0, 0.05) is 42.0 Å². The second-order valence-electron chi connectivity index (χ2n) is 6.54. The van der Waals surface area contributed by atoms with E-state index in [1.54, 1.807) is 12.3 Å². The Labute approximate surface area is 166 Å². The van der Waals surface area contributed by atoms with Gasteiger partial charge in [-0.25, -0.2) is 0 Å². The van der Waals surface area contributed by atoms with Crippen LogP contribution in [-0.2, 0) is 0 Å². The van der Waals surface area contributed by atoms with Gasteiger partial charge in [0.25, 0.3) is 5.91 Å². The number of carbonyl (C=O) groups is 1. The number of hydrogen-bond donors (Lipinski definition) is 2. The molecule has 2 N–H and O–H groups in total. The van der Waals surface area contributed by atoms with Gasteiger partial charge in [-0.15, -0.1) is 0 Å². The minimum atomic E-state index is -0.227. The summed E-state index contributed by atoms with van der Waals surface area (Å²) >= 11 is 0. The van der Waals surface area contributed by atoms with E-state index < -0.39 is 0 Å². The number of amides is 1. The largest absolute Gasteiger partial charge is 0.372 e. The van der Waals surface area contributed by atoms with Gasteiger partial charge < -0.3 is 15.5 Å². The number of rotatable bonds is 7. The fourth-order valence-electron chi connectivity index (χ4n) is 3.04. The van der Waals surface area contributed by atoms with Crippen LogP contribution in [0.2, 0.25) is 0 Å². The van der Waals surface area contributed by atoms with Crippen LogP contribution in [-0.4, -0.2) is 24.0 Å². The van der Waals surface area contributed by atoms with Gasteiger partial charge in [-0.3, -0.25) is 9.78 Å². The zero-order valence-electron chi connectivity index (χ0n) is 16.6. The SMILES string of the molecule is CCN(CC)c1ccc(Nc2ccnc(C(=O)Nc3ccccc3C)c2)cc1. The molecule has 0 spiro atoms. The number of hydrogen-bond acceptors (Lipinski definition) is 4. The molecule has 144 valence electrons. The summed E-state index contributed by atoms with van der Waals surface area (Å²) < 4.78 is 0. The predicted octanol–water partition coefficient (Wildman–Crippen LogP) is 5.23. The maximum absolute atomic E-state index is 12.5. The number of carbonyl (C=O) groups excluding carboxylic acids is 1. The van der Waals surface area contributed by atoms with E-state index in [1.165, 1.54) is 5.69 Å². The molecule has 0 aliphatic rings. The Bertz CT molecular complexity index is 933. The number of nitrogens with zero attached hydrogens (tertiary/aromatic N) is 2. The summed E-state index contributed by atoms with van der Waals surface area (Å²) in [6.07, 6.45) is 1.64. The zero-order chi connectivity index (χ0) is 19.9. The number of aromatic nitrogens is 1. The van der Waals surface area contributed by atoms with E-state index in [-0.39, 0.29) is 5.91 Å². The van der Waals surface area contributed by atoms with Crippen molar-refractivity contribution in [1.82, 2.24) is 4.98 Å². The molecule has 28 heavy (non-hydrogen) atoms. The van der Waals surface area contributed by atoms with Crippen LogP contribution in [0.5, 0.6) is 0 Å². The van der Waals surface area contributed by atoms with Crippen molar-refractivity contribution in [3.8, 4) is 0 Å². The average Bonchev–Trinajstić information content (AvgIpc) is 2.72. The molecule has 0 radical (unpaired) electrons. The standard InChI is InChI=1S/C23H26N4O/c1-4-27(5-2)20-12-10-18(11-13-20)25-19-14-15-24-22(16-19)23(28)26-21-9-7-6-8-17(21)3/h6-16H,4-5H2,1-3H3,(H,24,25)(H,26,28). The Hall–Kier alpha value is -3.34. The molecule has 3 aromatic rings. The number of pyridine rings is 1. The van der Waals surface area contributed by atoms with E-state index >= 15 is 0 Å². The first-order valence-electron chi connectivity index (χ1n) is 9.55. The van der Waals surface area contributed by atoms with Crippen LogP contribution in [0.3, 0.4) is 0 Å². The van der Waals surface area contributed by atoms with Crippen LogP contribution in [0.1, 0.15) is 29.9 Å². The summed E-state index contributed by atoms with van der Waals surface area (Å²) in [7, 11) is 0. The lowest BCUT2D eigenvalue weighted by atomic mass is 10.2. The third-order valence-electron chi connectivity index (χ3n) is 4.67. The minimum Gasteiger partial charge on any atom is -0.372 e. The van der Waals surface area contributed by atoms with Gasteiger partial charge >= 0.3 is 0 Å². The van der Waals surface area contributed by atoms with Crippen molar-refractivity contribution in [3.05, 3.63) is 78.1 Å². The highest BCUT2D eigenvalue weighted by Crippen LogP contribution is 2.22. The fraction of sp³-hybridized carbons (Fsp3) is 0.217. The Morgan fingerprint density at radius 3 is 2.36 bits per heavy atom. The first kappa shape index (κ1) is 19.4. The van der Waals surface area contributed by atoms with Crippen LogP contribution >= 0.6 is 0 Å². The molecule has 0 aliphatic carbocycles. The molecular weight excluding hydrogens is 348 g/mol. The second-order valence-corrected chi connectivity index (χ2v) is 6.54. The van der Waals surface area contributed by atoms with Crippen molar-refractivity contribution in [1.29, 1.82) is 0 Å². The van der Waals surface area contributed by atoms with Gasteiger partial charge in [-0.05, 0) is 68.8 Å². The Balaban J connectivity index is 1.71. The van der Waals surface area contributed by atoms with Crippen molar-refractivity contribution >= 4 is 28.7 Å². The summed E-state index contributed by atoms with van der Waals surface area (Å²) in [6.45, 7) is 8.22. The van der Waals surface area contributed by atoms with Crippen molar-refractivity contribution in [2.75, 3.05) is 28.6 Å². The Morgan fingerprint density at radius 2 is 1.68 bits per heavy atom. The Kier molecular flexibility index (Phi) is 6.27. The third-order valence-corrected chi connectivity index (χ3v) is 4.67. The third kappa shape index (κ3) is 4.68. The second kappa shape index (κ2) is 9.04. The lowest BCUT2D eigenvalue weighted by Gasteiger charge is -2.21. The summed E-state index contributed by atoms with van der Waals surface area (Å²) in [6, 6.07) is 19.6. The summed E-state index contributed by atoms with van der Waals surface area (Å²) in [4.78, 5) is 19.1. The lowest BCUT2D eigenvalue weighted by Crippen LogP contribution is -2.21. The maximum atomic E-state index is 12.5. The number of nitrogens with one attached hydrogen (secondary N) is 2. The highest BCUT2D eigenvalue weighted by atomic mass is 16.1. The number of benzene rings is 2. The molecule has 0 unspecified atom stereocenters. The number of aryl methyl sites for hydroxylation is 1. The van der Waals surface area contributed by atoms with Crippen LogP contribution in [0.4, 0.5) is 22.7 Å². The van der Waals surface area contributed by atoms with Gasteiger partial charge in [0.05, 0.1) is 0 Å². The Morgan fingerprint density at radius 1 is 0.964 bits per heavy atom. The molecule has 0 saturated carbocycles. The van der Waals surface area contributed by atoms with Gasteiger partial charge in [0.15, 0.2) is 0 Å². The molecule has 0 saturated heterocycles. The quantitative estimate of drug-likeness (QED) is 0.594. The van der Waals surface area contributed by atoms with Gasteiger partial charge in [0.2, 0.25) is 0 Å².